The Kier molecular flexibility index (Phi) is 5.90. The summed E-state index contributed by atoms with van der Waals surface area (Å²) >= 11 is 5.52. The van der Waals surface area contributed by atoms with E-state index in [0.29, 0.717) is 18.5 Å². The molecule has 0 amide bonds. The number of nitrogens with two attached hydrogens (primary N) is 2. The number of benzene rings is 1. The van der Waals surface area contributed by atoms with Gasteiger partial charge in [-0.1, -0.05) is 17.7 Å². The van der Waals surface area contributed by atoms with Crippen molar-refractivity contribution in [1.82, 2.24) is 0 Å². The molecule has 0 bridgehead atoms. The van der Waals surface area contributed by atoms with Gasteiger partial charge < -0.3 is 16.6 Å². The van der Waals surface area contributed by atoms with Crippen molar-refractivity contribution in [2.24, 2.45) is 11.5 Å². The molecule has 0 unspecified atom stereocenters. The molecular weight excluding hydrogens is 242 g/mol. The van der Waals surface area contributed by atoms with E-state index in [4.69, 9.17) is 23.1 Å². The summed E-state index contributed by atoms with van der Waals surface area (Å²) in [6.07, 6.45) is 0.509. The Balaban J connectivity index is 0.00000196. The zero-order valence-corrected chi connectivity index (χ0v) is 9.48. The van der Waals surface area contributed by atoms with Gasteiger partial charge in [0.1, 0.15) is 16.6 Å². The van der Waals surface area contributed by atoms with Gasteiger partial charge in [0.25, 0.3) is 0 Å². The fourth-order valence-corrected chi connectivity index (χ4v) is 1.36. The van der Waals surface area contributed by atoms with Gasteiger partial charge in [-0.05, 0) is 19.0 Å². The average Bonchev–Trinajstić information content (AvgIpc) is 2.15. The van der Waals surface area contributed by atoms with E-state index in [1.54, 1.807) is 0 Å². The second kappa shape index (κ2) is 6.12. The van der Waals surface area contributed by atoms with Crippen LogP contribution in [0.2, 0.25) is 5.02 Å². The SMILES string of the molecule is Cl.NCC[C@@H](N)c1ccc(F)c(Cl)c1O. The summed E-state index contributed by atoms with van der Waals surface area (Å²) in [5.41, 5.74) is 11.4. The van der Waals surface area contributed by atoms with Crippen LogP contribution in [0.15, 0.2) is 12.1 Å². The first-order valence-electron chi connectivity index (χ1n) is 4.20. The number of phenols is 1. The van der Waals surface area contributed by atoms with E-state index in [2.05, 4.69) is 0 Å². The summed E-state index contributed by atoms with van der Waals surface area (Å²) in [6, 6.07) is 2.17. The summed E-state index contributed by atoms with van der Waals surface area (Å²) in [4.78, 5) is 0. The number of hydrogen-bond acceptors (Lipinski definition) is 3. The molecule has 1 rings (SSSR count). The van der Waals surface area contributed by atoms with Crippen LogP contribution >= 0.6 is 24.0 Å². The molecule has 0 spiro atoms. The van der Waals surface area contributed by atoms with Crippen molar-refractivity contribution in [2.45, 2.75) is 12.5 Å². The predicted molar refractivity (Wildman–Crippen MR) is 60.9 cm³/mol. The predicted octanol–water partition coefficient (Wildman–Crippen LogP) is 1.96. The van der Waals surface area contributed by atoms with Gasteiger partial charge in [0, 0.05) is 11.6 Å². The van der Waals surface area contributed by atoms with Crippen molar-refractivity contribution in [1.29, 1.82) is 0 Å². The van der Waals surface area contributed by atoms with Gasteiger partial charge in [0.15, 0.2) is 0 Å². The minimum atomic E-state index is -0.659. The number of rotatable bonds is 3. The molecule has 0 aliphatic carbocycles. The van der Waals surface area contributed by atoms with Crippen molar-refractivity contribution in [3.05, 3.63) is 28.5 Å². The molecule has 86 valence electrons. The van der Waals surface area contributed by atoms with Crippen LogP contribution in [0.4, 0.5) is 4.39 Å². The largest absolute Gasteiger partial charge is 0.506 e. The molecule has 0 radical (unpaired) electrons. The van der Waals surface area contributed by atoms with Gasteiger partial charge in [-0.3, -0.25) is 0 Å². The fourth-order valence-electron chi connectivity index (χ4n) is 1.19. The van der Waals surface area contributed by atoms with Gasteiger partial charge in [-0.15, -0.1) is 12.4 Å². The van der Waals surface area contributed by atoms with E-state index >= 15 is 0 Å². The summed E-state index contributed by atoms with van der Waals surface area (Å²) in [6.45, 7) is 0.398. The van der Waals surface area contributed by atoms with Crippen LogP contribution in [-0.4, -0.2) is 11.7 Å². The zero-order valence-electron chi connectivity index (χ0n) is 7.91. The minimum Gasteiger partial charge on any atom is -0.506 e. The third-order valence-electron chi connectivity index (χ3n) is 1.98. The summed E-state index contributed by atoms with van der Waals surface area (Å²) in [7, 11) is 0. The van der Waals surface area contributed by atoms with E-state index in [-0.39, 0.29) is 23.2 Å². The van der Waals surface area contributed by atoms with E-state index in [0.717, 1.165) is 0 Å². The standard InChI is InChI=1S/C9H12ClFN2O.ClH/c10-8-6(11)2-1-5(9(8)14)7(13)3-4-12;/h1-2,7,14H,3-4,12-13H2;1H/t7-;/m1./s1. The molecule has 0 aliphatic heterocycles. The Morgan fingerprint density at radius 3 is 2.60 bits per heavy atom. The third-order valence-corrected chi connectivity index (χ3v) is 2.34. The highest BCUT2D eigenvalue weighted by Crippen LogP contribution is 2.33. The maximum absolute atomic E-state index is 12.9. The number of phenolic OH excluding ortho intramolecular Hbond substituents is 1. The first-order chi connectivity index (χ1) is 6.57. The van der Waals surface area contributed by atoms with E-state index < -0.39 is 11.9 Å². The molecule has 1 aromatic carbocycles. The zero-order chi connectivity index (χ0) is 10.7. The van der Waals surface area contributed by atoms with Crippen LogP contribution < -0.4 is 11.5 Å². The number of halogens is 3. The summed E-state index contributed by atoms with van der Waals surface area (Å²) in [5, 5.41) is 9.19. The van der Waals surface area contributed by atoms with Crippen molar-refractivity contribution in [2.75, 3.05) is 6.54 Å². The van der Waals surface area contributed by atoms with Crippen molar-refractivity contribution in [3.8, 4) is 5.75 Å². The Morgan fingerprint density at radius 1 is 1.47 bits per heavy atom. The molecule has 0 heterocycles. The Bertz CT molecular complexity index is 336. The lowest BCUT2D eigenvalue weighted by Crippen LogP contribution is -2.15. The second-order valence-corrected chi connectivity index (χ2v) is 3.36. The minimum absolute atomic E-state index is 0. The van der Waals surface area contributed by atoms with E-state index in [1.807, 2.05) is 0 Å². The second-order valence-electron chi connectivity index (χ2n) is 2.98. The highest BCUT2D eigenvalue weighted by molar-refractivity contribution is 6.32. The lowest BCUT2D eigenvalue weighted by molar-refractivity contribution is 0.453. The van der Waals surface area contributed by atoms with Crippen LogP contribution in [0.1, 0.15) is 18.0 Å². The normalized spacial score (nSPS) is 12.0. The van der Waals surface area contributed by atoms with Gasteiger partial charge in [0.2, 0.25) is 0 Å². The summed E-state index contributed by atoms with van der Waals surface area (Å²) < 4.78 is 12.9. The highest BCUT2D eigenvalue weighted by atomic mass is 35.5. The lowest BCUT2D eigenvalue weighted by atomic mass is 10.0. The monoisotopic (exact) mass is 254 g/mol. The molecule has 5 N–H and O–H groups in total. The number of hydrogen-bond donors (Lipinski definition) is 3. The van der Waals surface area contributed by atoms with Gasteiger partial charge in [-0.25, -0.2) is 4.39 Å². The van der Waals surface area contributed by atoms with Crippen LogP contribution in [0, 0.1) is 5.82 Å². The van der Waals surface area contributed by atoms with Crippen LogP contribution in [0.5, 0.6) is 5.75 Å². The summed E-state index contributed by atoms with van der Waals surface area (Å²) in [5.74, 6) is -0.958. The maximum atomic E-state index is 12.9. The molecule has 0 saturated carbocycles. The quantitative estimate of drug-likeness (QED) is 0.773. The Morgan fingerprint density at radius 2 is 2.07 bits per heavy atom. The fraction of sp³-hybridized carbons (Fsp3) is 0.333. The van der Waals surface area contributed by atoms with Crippen molar-refractivity contribution in [3.63, 3.8) is 0 Å². The molecule has 15 heavy (non-hydrogen) atoms. The first-order valence-corrected chi connectivity index (χ1v) is 4.58. The van der Waals surface area contributed by atoms with Gasteiger partial charge in [-0.2, -0.15) is 0 Å². The number of aromatic hydroxyl groups is 1. The molecule has 6 heteroatoms. The van der Waals surface area contributed by atoms with Crippen LogP contribution in [0.25, 0.3) is 0 Å². The topological polar surface area (TPSA) is 72.3 Å². The maximum Gasteiger partial charge on any atom is 0.145 e. The van der Waals surface area contributed by atoms with Crippen LogP contribution in [-0.2, 0) is 0 Å². The average molecular weight is 255 g/mol. The molecular formula is C9H13Cl2FN2O. The molecule has 1 aromatic rings. The third kappa shape index (κ3) is 3.21. The highest BCUT2D eigenvalue weighted by Gasteiger charge is 2.15. The van der Waals surface area contributed by atoms with Crippen LogP contribution in [0.3, 0.4) is 0 Å². The Labute approximate surface area is 98.6 Å². The molecule has 0 fully saturated rings. The molecule has 1 atom stereocenters. The Hall–Kier alpha value is -0.550. The molecule has 0 aromatic heterocycles. The van der Waals surface area contributed by atoms with Crippen molar-refractivity contribution < 1.29 is 9.50 Å². The van der Waals surface area contributed by atoms with Gasteiger partial charge >= 0.3 is 0 Å². The van der Waals surface area contributed by atoms with Gasteiger partial charge in [0.05, 0.1) is 0 Å². The van der Waals surface area contributed by atoms with Crippen molar-refractivity contribution >= 4 is 24.0 Å². The molecule has 3 nitrogen and oxygen atoms in total. The molecule has 0 saturated heterocycles. The van der Waals surface area contributed by atoms with E-state index in [9.17, 15) is 9.50 Å². The smallest absolute Gasteiger partial charge is 0.145 e. The molecule has 0 aliphatic rings. The first kappa shape index (κ1) is 14.5. The van der Waals surface area contributed by atoms with E-state index in [1.165, 1.54) is 12.1 Å². The lowest BCUT2D eigenvalue weighted by Gasteiger charge is -2.13.